The number of sulfonamides is 1. The highest BCUT2D eigenvalue weighted by Crippen LogP contribution is 2.29. The average molecular weight is 290 g/mol. The van der Waals surface area contributed by atoms with E-state index in [1.807, 2.05) is 0 Å². The highest BCUT2D eigenvalue weighted by atomic mass is 35.5. The molecule has 0 amide bonds. The predicted octanol–water partition coefficient (Wildman–Crippen LogP) is 1.84. The van der Waals surface area contributed by atoms with Crippen LogP contribution in [0.25, 0.3) is 0 Å². The van der Waals surface area contributed by atoms with E-state index in [-0.39, 0.29) is 10.2 Å². The van der Waals surface area contributed by atoms with Gasteiger partial charge in [0.15, 0.2) is 0 Å². The summed E-state index contributed by atoms with van der Waals surface area (Å²) in [5.74, 6) is 1.13. The van der Waals surface area contributed by atoms with Crippen LogP contribution in [0.1, 0.15) is 26.2 Å². The minimum absolute atomic E-state index is 0.0403. The summed E-state index contributed by atoms with van der Waals surface area (Å²) in [6.45, 7) is 2.68. The Labute approximate surface area is 112 Å². The molecule has 1 saturated carbocycles. The van der Waals surface area contributed by atoms with Crippen LogP contribution in [0.4, 0.5) is 0 Å². The van der Waals surface area contributed by atoms with Crippen molar-refractivity contribution in [2.45, 2.75) is 31.1 Å². The summed E-state index contributed by atoms with van der Waals surface area (Å²) in [6.07, 6.45) is 5.78. The molecule has 1 aliphatic rings. The molecule has 2 rings (SSSR count). The van der Waals surface area contributed by atoms with Gasteiger partial charge in [0.05, 0.1) is 12.4 Å². The minimum atomic E-state index is -3.52. The summed E-state index contributed by atoms with van der Waals surface area (Å²) in [7, 11) is -3.52. The van der Waals surface area contributed by atoms with Crippen molar-refractivity contribution in [3.63, 3.8) is 0 Å². The Morgan fingerprint density at radius 3 is 2.61 bits per heavy atom. The number of nitrogens with one attached hydrogen (secondary N) is 1. The molecule has 1 aliphatic carbocycles. The second-order valence-corrected chi connectivity index (χ2v) is 6.93. The number of nitrogens with zero attached hydrogens (tertiary/aromatic N) is 2. The molecule has 5 nitrogen and oxygen atoms in total. The molecule has 0 aromatic carbocycles. The van der Waals surface area contributed by atoms with Gasteiger partial charge in [-0.1, -0.05) is 13.3 Å². The molecule has 0 saturated heterocycles. The Morgan fingerprint density at radius 1 is 1.39 bits per heavy atom. The molecule has 1 fully saturated rings. The maximum absolute atomic E-state index is 11.9. The predicted molar refractivity (Wildman–Crippen MR) is 68.7 cm³/mol. The lowest BCUT2D eigenvalue weighted by molar-refractivity contribution is 0.498. The summed E-state index contributed by atoms with van der Waals surface area (Å²) in [4.78, 5) is 7.40. The van der Waals surface area contributed by atoms with Gasteiger partial charge < -0.3 is 0 Å². The first-order chi connectivity index (χ1) is 8.47. The van der Waals surface area contributed by atoms with Crippen LogP contribution in [-0.2, 0) is 10.0 Å². The van der Waals surface area contributed by atoms with Crippen molar-refractivity contribution in [3.05, 3.63) is 17.7 Å². The molecule has 1 heterocycles. The van der Waals surface area contributed by atoms with Gasteiger partial charge in [0.1, 0.15) is 4.90 Å². The topological polar surface area (TPSA) is 72.0 Å². The Hall–Kier alpha value is -0.720. The fourth-order valence-electron chi connectivity index (χ4n) is 2.26. The van der Waals surface area contributed by atoms with E-state index in [1.54, 1.807) is 0 Å². The summed E-state index contributed by atoms with van der Waals surface area (Å²) < 4.78 is 26.5. The smallest absolute Gasteiger partial charge is 0.225 e. The monoisotopic (exact) mass is 289 g/mol. The minimum Gasteiger partial charge on any atom is -0.225 e. The van der Waals surface area contributed by atoms with Crippen LogP contribution >= 0.6 is 11.6 Å². The average Bonchev–Trinajstić information content (AvgIpc) is 2.73. The molecular weight excluding hydrogens is 274 g/mol. The standard InChI is InChI=1S/C11H16ClN3O2S/c1-8-2-3-9(4-8)5-15-18(16,17)10-6-13-11(12)14-7-10/h6-9,15H,2-5H2,1H3. The molecule has 100 valence electrons. The van der Waals surface area contributed by atoms with Crippen molar-refractivity contribution < 1.29 is 8.42 Å². The molecular formula is C11H16ClN3O2S. The second kappa shape index (κ2) is 5.50. The third-order valence-corrected chi connectivity index (χ3v) is 4.85. The van der Waals surface area contributed by atoms with Crippen molar-refractivity contribution in [2.24, 2.45) is 11.8 Å². The number of hydrogen-bond donors (Lipinski definition) is 1. The van der Waals surface area contributed by atoms with Crippen molar-refractivity contribution in [3.8, 4) is 0 Å². The largest absolute Gasteiger partial charge is 0.243 e. The van der Waals surface area contributed by atoms with E-state index in [0.717, 1.165) is 12.8 Å². The van der Waals surface area contributed by atoms with Crippen LogP contribution in [0.2, 0.25) is 5.28 Å². The van der Waals surface area contributed by atoms with Gasteiger partial charge in [-0.05, 0) is 36.3 Å². The van der Waals surface area contributed by atoms with Gasteiger partial charge in [-0.3, -0.25) is 0 Å². The zero-order valence-electron chi connectivity index (χ0n) is 10.1. The Bertz CT molecular complexity index is 504. The van der Waals surface area contributed by atoms with Gasteiger partial charge in [0.2, 0.25) is 15.3 Å². The van der Waals surface area contributed by atoms with Crippen molar-refractivity contribution >= 4 is 21.6 Å². The van der Waals surface area contributed by atoms with Crippen molar-refractivity contribution in [1.29, 1.82) is 0 Å². The quantitative estimate of drug-likeness (QED) is 0.859. The fraction of sp³-hybridized carbons (Fsp3) is 0.636. The first-order valence-electron chi connectivity index (χ1n) is 5.94. The van der Waals surface area contributed by atoms with Crippen molar-refractivity contribution in [1.82, 2.24) is 14.7 Å². The molecule has 7 heteroatoms. The SMILES string of the molecule is CC1CCC(CNS(=O)(=O)c2cnc(Cl)nc2)C1. The third kappa shape index (κ3) is 3.40. The van der Waals surface area contributed by atoms with E-state index in [0.29, 0.717) is 18.4 Å². The van der Waals surface area contributed by atoms with Crippen LogP contribution in [0.3, 0.4) is 0 Å². The van der Waals surface area contributed by atoms with E-state index >= 15 is 0 Å². The number of hydrogen-bond acceptors (Lipinski definition) is 4. The summed E-state index contributed by atoms with van der Waals surface area (Å²) in [6, 6.07) is 0. The van der Waals surface area contributed by atoms with Gasteiger partial charge in [0, 0.05) is 6.54 Å². The Balaban J connectivity index is 1.97. The highest BCUT2D eigenvalue weighted by Gasteiger charge is 2.23. The zero-order chi connectivity index (χ0) is 13.2. The summed E-state index contributed by atoms with van der Waals surface area (Å²) in [5, 5.41) is 0.0403. The zero-order valence-corrected chi connectivity index (χ0v) is 11.7. The van der Waals surface area contributed by atoms with Gasteiger partial charge in [-0.25, -0.2) is 23.1 Å². The van der Waals surface area contributed by atoms with Crippen LogP contribution in [0.5, 0.6) is 0 Å². The van der Waals surface area contributed by atoms with E-state index < -0.39 is 10.0 Å². The first-order valence-corrected chi connectivity index (χ1v) is 7.80. The number of rotatable bonds is 4. The van der Waals surface area contributed by atoms with Gasteiger partial charge >= 0.3 is 0 Å². The van der Waals surface area contributed by atoms with Crippen LogP contribution in [0.15, 0.2) is 17.3 Å². The van der Waals surface area contributed by atoms with Crippen molar-refractivity contribution in [2.75, 3.05) is 6.54 Å². The van der Waals surface area contributed by atoms with Crippen LogP contribution in [-0.4, -0.2) is 24.9 Å². The molecule has 0 radical (unpaired) electrons. The molecule has 18 heavy (non-hydrogen) atoms. The van der Waals surface area contributed by atoms with E-state index in [4.69, 9.17) is 11.6 Å². The fourth-order valence-corrected chi connectivity index (χ4v) is 3.36. The lowest BCUT2D eigenvalue weighted by atomic mass is 10.1. The molecule has 0 aliphatic heterocycles. The van der Waals surface area contributed by atoms with Gasteiger partial charge in [-0.15, -0.1) is 0 Å². The Kier molecular flexibility index (Phi) is 4.19. The number of halogens is 1. The molecule has 2 atom stereocenters. The maximum Gasteiger partial charge on any atom is 0.243 e. The summed E-state index contributed by atoms with van der Waals surface area (Å²) >= 11 is 5.52. The van der Waals surface area contributed by atoms with Gasteiger partial charge in [0.25, 0.3) is 0 Å². The van der Waals surface area contributed by atoms with E-state index in [2.05, 4.69) is 21.6 Å². The first kappa shape index (κ1) is 13.7. The van der Waals surface area contributed by atoms with Crippen LogP contribution < -0.4 is 4.72 Å². The molecule has 1 aromatic rings. The molecule has 0 spiro atoms. The normalized spacial score (nSPS) is 24.3. The molecule has 1 aromatic heterocycles. The Morgan fingerprint density at radius 2 is 2.06 bits per heavy atom. The third-order valence-electron chi connectivity index (χ3n) is 3.27. The molecule has 0 bridgehead atoms. The maximum atomic E-state index is 11.9. The van der Waals surface area contributed by atoms with E-state index in [1.165, 1.54) is 18.8 Å². The highest BCUT2D eigenvalue weighted by molar-refractivity contribution is 7.89. The van der Waals surface area contributed by atoms with Gasteiger partial charge in [-0.2, -0.15) is 0 Å². The van der Waals surface area contributed by atoms with E-state index in [9.17, 15) is 8.42 Å². The summed E-state index contributed by atoms with van der Waals surface area (Å²) in [5.41, 5.74) is 0. The van der Waals surface area contributed by atoms with Crippen LogP contribution in [0, 0.1) is 11.8 Å². The molecule has 1 N–H and O–H groups in total. The molecule has 2 unspecified atom stereocenters. The number of aromatic nitrogens is 2. The lowest BCUT2D eigenvalue weighted by Gasteiger charge is -2.11. The second-order valence-electron chi connectivity index (χ2n) is 4.82. The lowest BCUT2D eigenvalue weighted by Crippen LogP contribution is -2.28.